The van der Waals surface area contributed by atoms with Crippen molar-refractivity contribution >= 4 is 28.4 Å². The zero-order valence-corrected chi connectivity index (χ0v) is 21.6. The molecule has 210 valence electrons. The molecule has 0 bridgehead atoms. The zero-order chi connectivity index (χ0) is 29.2. The first-order valence-electron chi connectivity index (χ1n) is 12.1. The molecule has 0 aliphatic heterocycles. The fourth-order valence-electron chi connectivity index (χ4n) is 3.93. The van der Waals surface area contributed by atoms with Gasteiger partial charge in [-0.1, -0.05) is 39.0 Å². The van der Waals surface area contributed by atoms with Crippen LogP contribution in [0.4, 0.5) is 27.6 Å². The Hall–Kier alpha value is -4.48. The topological polar surface area (TPSA) is 85.3 Å². The first-order valence-corrected chi connectivity index (χ1v) is 12.1. The molecule has 2 N–H and O–H groups in total. The maximum atomic E-state index is 13.8. The van der Waals surface area contributed by atoms with Gasteiger partial charge in [0.25, 0.3) is 5.91 Å². The summed E-state index contributed by atoms with van der Waals surface area (Å²) in [5.74, 6) is -1.39. The summed E-state index contributed by atoms with van der Waals surface area (Å²) in [4.78, 5) is 25.4. The zero-order valence-electron chi connectivity index (χ0n) is 21.6. The molecule has 7 nitrogen and oxygen atoms in total. The number of hydrogen-bond acceptors (Lipinski definition) is 4. The number of anilines is 1. The van der Waals surface area contributed by atoms with Gasteiger partial charge in [-0.3, -0.25) is 9.59 Å². The number of aromatic nitrogens is 2. The van der Waals surface area contributed by atoms with E-state index in [4.69, 9.17) is 0 Å². The van der Waals surface area contributed by atoms with Gasteiger partial charge in [0.2, 0.25) is 5.91 Å². The number of rotatable bonds is 7. The van der Waals surface area contributed by atoms with E-state index in [0.717, 1.165) is 12.1 Å². The molecule has 1 aromatic heterocycles. The predicted octanol–water partition coefficient (Wildman–Crippen LogP) is 6.56. The fraction of sp³-hybridized carbons (Fsp3) is 0.250. The average Bonchev–Trinajstić information content (AvgIpc) is 3.31. The Morgan fingerprint density at radius 3 is 2.40 bits per heavy atom. The second-order valence-electron chi connectivity index (χ2n) is 9.94. The van der Waals surface area contributed by atoms with Crippen LogP contribution in [0.1, 0.15) is 42.3 Å². The molecule has 40 heavy (non-hydrogen) atoms. The number of hydrogen-bond donors (Lipinski definition) is 2. The maximum Gasteiger partial charge on any atom is 0.417 e. The summed E-state index contributed by atoms with van der Waals surface area (Å²) < 4.78 is 72.5. The van der Waals surface area contributed by atoms with Crippen molar-refractivity contribution in [1.82, 2.24) is 15.1 Å². The average molecular weight is 561 g/mol. The molecule has 0 radical (unpaired) electrons. The van der Waals surface area contributed by atoms with Crippen LogP contribution in [0, 0.1) is 5.41 Å². The van der Waals surface area contributed by atoms with Gasteiger partial charge in [-0.05, 0) is 42.0 Å². The Bertz CT molecular complexity index is 1560. The molecular formula is C28H25F5N4O3. The van der Waals surface area contributed by atoms with Crippen molar-refractivity contribution < 1.29 is 36.3 Å². The number of halogens is 5. The molecule has 4 rings (SSSR count). The summed E-state index contributed by atoms with van der Waals surface area (Å²) in [7, 11) is 0. The van der Waals surface area contributed by atoms with Gasteiger partial charge in [0.1, 0.15) is 5.75 Å². The molecule has 0 fully saturated rings. The number of nitrogens with zero attached hydrogens (tertiary/aromatic N) is 2. The maximum absolute atomic E-state index is 13.8. The van der Waals surface area contributed by atoms with E-state index in [9.17, 15) is 31.5 Å². The molecule has 0 atom stereocenters. The van der Waals surface area contributed by atoms with E-state index in [-0.39, 0.29) is 23.9 Å². The van der Waals surface area contributed by atoms with Crippen LogP contribution in [0.2, 0.25) is 0 Å². The molecule has 12 heteroatoms. The number of amides is 2. The minimum atomic E-state index is -4.80. The number of carbonyl (C=O) groups excluding carboxylic acids is 2. The molecule has 0 saturated carbocycles. The van der Waals surface area contributed by atoms with Crippen molar-refractivity contribution in [1.29, 1.82) is 0 Å². The molecule has 1 heterocycles. The Kier molecular flexibility index (Phi) is 7.81. The SMILES string of the molecule is CC(C)(C)C(=O)NCc1ccc(C(F)(F)F)c(C(=O)Nc2cccc3c2cnn3-c2cccc(OC(F)F)c2)c1. The van der Waals surface area contributed by atoms with Crippen molar-refractivity contribution in [2.24, 2.45) is 5.41 Å². The molecule has 0 aliphatic rings. The van der Waals surface area contributed by atoms with Crippen molar-refractivity contribution in [2.75, 3.05) is 5.32 Å². The standard InChI is InChI=1S/C28H25F5N4O3/c1-27(2,3)25(39)34-14-16-10-11-21(28(31,32)33)19(12-16)24(38)36-22-8-5-9-23-20(22)15-35-37(23)17-6-4-7-18(13-17)40-26(29)30/h4-13,15,26H,14H2,1-3H3,(H,34,39)(H,36,38). The van der Waals surface area contributed by atoms with Gasteiger partial charge in [0.15, 0.2) is 0 Å². The predicted molar refractivity (Wildman–Crippen MR) is 138 cm³/mol. The lowest BCUT2D eigenvalue weighted by atomic mass is 9.95. The van der Waals surface area contributed by atoms with Crippen LogP contribution in [-0.2, 0) is 17.5 Å². The van der Waals surface area contributed by atoms with Gasteiger partial charge in [-0.15, -0.1) is 0 Å². The van der Waals surface area contributed by atoms with Crippen LogP contribution in [-0.4, -0.2) is 28.2 Å². The number of ether oxygens (including phenoxy) is 1. The Balaban J connectivity index is 1.65. The Morgan fingerprint density at radius 2 is 1.73 bits per heavy atom. The molecule has 2 amide bonds. The molecule has 4 aromatic rings. The van der Waals surface area contributed by atoms with Crippen molar-refractivity contribution in [3.05, 3.63) is 83.6 Å². The highest BCUT2D eigenvalue weighted by Crippen LogP contribution is 2.34. The number of fused-ring (bicyclic) bond motifs is 1. The molecule has 0 aliphatic carbocycles. The number of nitrogens with one attached hydrogen (secondary N) is 2. The van der Waals surface area contributed by atoms with Gasteiger partial charge in [-0.25, -0.2) is 4.68 Å². The van der Waals surface area contributed by atoms with Gasteiger partial charge >= 0.3 is 12.8 Å². The van der Waals surface area contributed by atoms with Crippen LogP contribution in [0.3, 0.4) is 0 Å². The molecular weight excluding hydrogens is 535 g/mol. The second-order valence-corrected chi connectivity index (χ2v) is 9.94. The Labute approximate surface area is 225 Å². The second kappa shape index (κ2) is 10.9. The van der Waals surface area contributed by atoms with Crippen LogP contribution in [0.5, 0.6) is 5.75 Å². The summed E-state index contributed by atoms with van der Waals surface area (Å²) in [6.07, 6.45) is -3.41. The van der Waals surface area contributed by atoms with Crippen LogP contribution in [0.25, 0.3) is 16.6 Å². The molecule has 0 unspecified atom stereocenters. The van der Waals surface area contributed by atoms with Crippen LogP contribution >= 0.6 is 0 Å². The minimum Gasteiger partial charge on any atom is -0.435 e. The van der Waals surface area contributed by atoms with E-state index in [1.165, 1.54) is 41.2 Å². The van der Waals surface area contributed by atoms with Crippen molar-refractivity contribution in [3.8, 4) is 11.4 Å². The summed E-state index contributed by atoms with van der Waals surface area (Å²) in [6, 6.07) is 13.6. The van der Waals surface area contributed by atoms with E-state index >= 15 is 0 Å². The van der Waals surface area contributed by atoms with Crippen molar-refractivity contribution in [3.63, 3.8) is 0 Å². The first-order chi connectivity index (χ1) is 18.7. The normalized spacial score (nSPS) is 12.0. The molecule has 3 aromatic carbocycles. The highest BCUT2D eigenvalue weighted by atomic mass is 19.4. The van der Waals surface area contributed by atoms with Gasteiger partial charge in [0.05, 0.1) is 34.2 Å². The van der Waals surface area contributed by atoms with Crippen LogP contribution < -0.4 is 15.4 Å². The highest BCUT2D eigenvalue weighted by Gasteiger charge is 2.35. The number of alkyl halides is 5. The summed E-state index contributed by atoms with van der Waals surface area (Å²) >= 11 is 0. The summed E-state index contributed by atoms with van der Waals surface area (Å²) in [5, 5.41) is 9.85. The largest absolute Gasteiger partial charge is 0.435 e. The lowest BCUT2D eigenvalue weighted by molar-refractivity contribution is -0.138. The van der Waals surface area contributed by atoms with E-state index in [0.29, 0.717) is 22.2 Å². The van der Waals surface area contributed by atoms with Crippen LogP contribution in [0.15, 0.2) is 66.9 Å². The summed E-state index contributed by atoms with van der Waals surface area (Å²) in [5.41, 5.74) is -1.10. The fourth-order valence-corrected chi connectivity index (χ4v) is 3.93. The van der Waals surface area contributed by atoms with Crippen molar-refractivity contribution in [2.45, 2.75) is 40.1 Å². The lowest BCUT2D eigenvalue weighted by Gasteiger charge is -2.19. The van der Waals surface area contributed by atoms with Gasteiger partial charge < -0.3 is 15.4 Å². The monoisotopic (exact) mass is 560 g/mol. The number of benzene rings is 3. The highest BCUT2D eigenvalue weighted by molar-refractivity contribution is 6.09. The molecule has 0 saturated heterocycles. The van der Waals surface area contributed by atoms with E-state index in [1.54, 1.807) is 39.0 Å². The van der Waals surface area contributed by atoms with Gasteiger partial charge in [-0.2, -0.15) is 27.1 Å². The molecule has 0 spiro atoms. The smallest absolute Gasteiger partial charge is 0.417 e. The Morgan fingerprint density at radius 1 is 1.00 bits per heavy atom. The third-order valence-electron chi connectivity index (χ3n) is 5.92. The van der Waals surface area contributed by atoms with E-state index < -0.39 is 35.2 Å². The van der Waals surface area contributed by atoms with Gasteiger partial charge in [0, 0.05) is 23.4 Å². The third kappa shape index (κ3) is 6.38. The quantitative estimate of drug-likeness (QED) is 0.251. The number of carbonyl (C=O) groups is 2. The van der Waals surface area contributed by atoms with E-state index in [2.05, 4.69) is 20.5 Å². The lowest BCUT2D eigenvalue weighted by Crippen LogP contribution is -2.34. The third-order valence-corrected chi connectivity index (χ3v) is 5.92. The minimum absolute atomic E-state index is 0.0643. The van der Waals surface area contributed by atoms with E-state index in [1.807, 2.05) is 0 Å². The first kappa shape index (κ1) is 28.5. The summed E-state index contributed by atoms with van der Waals surface area (Å²) in [6.45, 7) is 2.02.